The number of allylic oxidation sites excluding steroid dienone is 2. The lowest BCUT2D eigenvalue weighted by Crippen LogP contribution is -2.05. The standard InChI is InChI=1S/C23H28/c1-2-3-5-8-19-11-13-21(14-12-19)23-17-15-22(16-18-23)20-9-6-4-7-10-20/h4,6-7,9-10,13,15-19H,2-3,5,8,11-12,14H2,1H3/t19-/m0/s1. The van der Waals surface area contributed by atoms with Gasteiger partial charge < -0.3 is 0 Å². The smallest absolute Gasteiger partial charge is 0.0184 e. The van der Waals surface area contributed by atoms with Gasteiger partial charge in [-0.1, -0.05) is 93.3 Å². The van der Waals surface area contributed by atoms with E-state index in [1.165, 1.54) is 61.6 Å². The first kappa shape index (κ1) is 16.1. The van der Waals surface area contributed by atoms with Crippen LogP contribution >= 0.6 is 0 Å². The van der Waals surface area contributed by atoms with Crippen molar-refractivity contribution in [3.63, 3.8) is 0 Å². The number of hydrogen-bond acceptors (Lipinski definition) is 0. The zero-order valence-corrected chi connectivity index (χ0v) is 14.3. The molecule has 0 aliphatic heterocycles. The quantitative estimate of drug-likeness (QED) is 0.498. The molecule has 0 heterocycles. The Morgan fingerprint density at radius 2 is 1.52 bits per heavy atom. The van der Waals surface area contributed by atoms with Crippen LogP contribution in [0, 0.1) is 5.92 Å². The van der Waals surface area contributed by atoms with E-state index in [-0.39, 0.29) is 0 Å². The fraction of sp³-hybridized carbons (Fsp3) is 0.391. The maximum Gasteiger partial charge on any atom is -0.0184 e. The maximum absolute atomic E-state index is 2.50. The Morgan fingerprint density at radius 1 is 0.826 bits per heavy atom. The molecule has 23 heavy (non-hydrogen) atoms. The van der Waals surface area contributed by atoms with Crippen LogP contribution in [0.4, 0.5) is 0 Å². The minimum atomic E-state index is 0.925. The highest BCUT2D eigenvalue weighted by Gasteiger charge is 2.15. The normalized spacial score (nSPS) is 17.8. The summed E-state index contributed by atoms with van der Waals surface area (Å²) < 4.78 is 0. The number of benzene rings is 2. The predicted octanol–water partition coefficient (Wildman–Crippen LogP) is 7.12. The van der Waals surface area contributed by atoms with Gasteiger partial charge in [0.2, 0.25) is 0 Å². The summed E-state index contributed by atoms with van der Waals surface area (Å²) in [6.45, 7) is 2.29. The molecule has 1 aliphatic carbocycles. The molecule has 0 amide bonds. The number of unbranched alkanes of at least 4 members (excludes halogenated alkanes) is 2. The van der Waals surface area contributed by atoms with Crippen LogP contribution in [0.25, 0.3) is 16.7 Å². The summed E-state index contributed by atoms with van der Waals surface area (Å²) in [4.78, 5) is 0. The molecule has 120 valence electrons. The lowest BCUT2D eigenvalue weighted by molar-refractivity contribution is 0.428. The Hall–Kier alpha value is -1.82. The Bertz CT molecular complexity index is 619. The van der Waals surface area contributed by atoms with E-state index < -0.39 is 0 Å². The van der Waals surface area contributed by atoms with Crippen LogP contribution in [0.15, 0.2) is 60.7 Å². The molecule has 0 heteroatoms. The molecule has 0 nitrogen and oxygen atoms in total. The van der Waals surface area contributed by atoms with Crippen LogP contribution < -0.4 is 0 Å². The molecule has 0 aromatic heterocycles. The first-order valence-electron chi connectivity index (χ1n) is 9.21. The molecule has 0 bridgehead atoms. The van der Waals surface area contributed by atoms with E-state index in [9.17, 15) is 0 Å². The van der Waals surface area contributed by atoms with Gasteiger partial charge in [0.15, 0.2) is 0 Å². The van der Waals surface area contributed by atoms with E-state index in [0.717, 1.165) is 5.92 Å². The van der Waals surface area contributed by atoms with Gasteiger partial charge in [-0.05, 0) is 47.4 Å². The summed E-state index contributed by atoms with van der Waals surface area (Å²) in [6.07, 6.45) is 12.0. The summed E-state index contributed by atoms with van der Waals surface area (Å²) in [5.74, 6) is 0.925. The Labute approximate surface area is 141 Å². The van der Waals surface area contributed by atoms with Crippen molar-refractivity contribution in [2.24, 2.45) is 5.92 Å². The van der Waals surface area contributed by atoms with Crippen LogP contribution in [0.1, 0.15) is 57.4 Å². The molecule has 0 N–H and O–H groups in total. The molecule has 0 saturated heterocycles. The summed E-state index contributed by atoms with van der Waals surface area (Å²) >= 11 is 0. The van der Waals surface area contributed by atoms with Gasteiger partial charge in [0.05, 0.1) is 0 Å². The minimum absolute atomic E-state index is 0.925. The molecule has 2 aromatic rings. The minimum Gasteiger partial charge on any atom is -0.0804 e. The highest BCUT2D eigenvalue weighted by atomic mass is 14.2. The van der Waals surface area contributed by atoms with Crippen LogP contribution in [0.5, 0.6) is 0 Å². The van der Waals surface area contributed by atoms with Crippen molar-refractivity contribution >= 4 is 5.57 Å². The van der Waals surface area contributed by atoms with Crippen LogP contribution in [0.2, 0.25) is 0 Å². The molecule has 0 fully saturated rings. The Morgan fingerprint density at radius 3 is 2.17 bits per heavy atom. The number of rotatable bonds is 6. The van der Waals surface area contributed by atoms with Crippen LogP contribution in [-0.2, 0) is 0 Å². The summed E-state index contributed by atoms with van der Waals surface area (Å²) in [5.41, 5.74) is 5.57. The van der Waals surface area contributed by atoms with Crippen molar-refractivity contribution in [2.75, 3.05) is 0 Å². The van der Waals surface area contributed by atoms with Crippen LogP contribution in [0.3, 0.4) is 0 Å². The molecule has 1 aliphatic rings. The molecule has 2 aromatic carbocycles. The predicted molar refractivity (Wildman–Crippen MR) is 101 cm³/mol. The lowest BCUT2D eigenvalue weighted by Gasteiger charge is -2.22. The molecule has 1 atom stereocenters. The third-order valence-electron chi connectivity index (χ3n) is 5.10. The van der Waals surface area contributed by atoms with Crippen molar-refractivity contribution in [3.05, 3.63) is 66.2 Å². The first-order chi connectivity index (χ1) is 11.4. The topological polar surface area (TPSA) is 0 Å². The highest BCUT2D eigenvalue weighted by Crippen LogP contribution is 2.33. The molecule has 3 rings (SSSR count). The lowest BCUT2D eigenvalue weighted by atomic mass is 9.83. The van der Waals surface area contributed by atoms with E-state index in [2.05, 4.69) is 67.6 Å². The Balaban J connectivity index is 1.62. The first-order valence-corrected chi connectivity index (χ1v) is 9.21. The Kier molecular flexibility index (Phi) is 5.69. The van der Waals surface area contributed by atoms with E-state index in [1.807, 2.05) is 0 Å². The van der Waals surface area contributed by atoms with Crippen molar-refractivity contribution in [1.82, 2.24) is 0 Å². The molecular weight excluding hydrogens is 276 g/mol. The van der Waals surface area contributed by atoms with Crippen LogP contribution in [-0.4, -0.2) is 0 Å². The monoisotopic (exact) mass is 304 g/mol. The summed E-state index contributed by atoms with van der Waals surface area (Å²) in [5, 5.41) is 0. The zero-order valence-electron chi connectivity index (χ0n) is 14.3. The average Bonchev–Trinajstić information content (AvgIpc) is 2.63. The van der Waals surface area contributed by atoms with Crippen molar-refractivity contribution in [3.8, 4) is 11.1 Å². The van der Waals surface area contributed by atoms with E-state index in [0.29, 0.717) is 0 Å². The van der Waals surface area contributed by atoms with E-state index >= 15 is 0 Å². The van der Waals surface area contributed by atoms with Crippen molar-refractivity contribution in [1.29, 1.82) is 0 Å². The van der Waals surface area contributed by atoms with Gasteiger partial charge >= 0.3 is 0 Å². The second-order valence-electron chi connectivity index (χ2n) is 6.81. The summed E-state index contributed by atoms with van der Waals surface area (Å²) in [6, 6.07) is 19.7. The fourth-order valence-corrected chi connectivity index (χ4v) is 3.60. The van der Waals surface area contributed by atoms with Gasteiger partial charge in [-0.2, -0.15) is 0 Å². The molecular formula is C23H28. The molecule has 0 unspecified atom stereocenters. The van der Waals surface area contributed by atoms with Crippen molar-refractivity contribution in [2.45, 2.75) is 51.9 Å². The van der Waals surface area contributed by atoms with E-state index in [1.54, 1.807) is 5.57 Å². The van der Waals surface area contributed by atoms with E-state index in [4.69, 9.17) is 0 Å². The third kappa shape index (κ3) is 4.34. The van der Waals surface area contributed by atoms with Gasteiger partial charge in [-0.15, -0.1) is 0 Å². The SMILES string of the molecule is CCCCC[C@H]1CC=C(c2ccc(-c3ccccc3)cc2)CC1. The highest BCUT2D eigenvalue weighted by molar-refractivity contribution is 5.70. The second kappa shape index (κ2) is 8.15. The maximum atomic E-state index is 2.50. The second-order valence-corrected chi connectivity index (χ2v) is 6.81. The fourth-order valence-electron chi connectivity index (χ4n) is 3.60. The van der Waals surface area contributed by atoms with Crippen molar-refractivity contribution < 1.29 is 0 Å². The molecule has 0 radical (unpaired) electrons. The average molecular weight is 304 g/mol. The third-order valence-corrected chi connectivity index (χ3v) is 5.10. The summed E-state index contributed by atoms with van der Waals surface area (Å²) in [7, 11) is 0. The molecule has 0 saturated carbocycles. The van der Waals surface area contributed by atoms with Gasteiger partial charge in [0, 0.05) is 0 Å². The van der Waals surface area contributed by atoms with Gasteiger partial charge in [-0.3, -0.25) is 0 Å². The molecule has 0 spiro atoms. The van der Waals surface area contributed by atoms with Gasteiger partial charge in [0.25, 0.3) is 0 Å². The van der Waals surface area contributed by atoms with Gasteiger partial charge in [0.1, 0.15) is 0 Å². The zero-order chi connectivity index (χ0) is 15.9. The number of hydrogen-bond donors (Lipinski definition) is 0. The largest absolute Gasteiger partial charge is 0.0804 e. The van der Waals surface area contributed by atoms with Gasteiger partial charge in [-0.25, -0.2) is 0 Å².